The smallest absolute Gasteiger partial charge is 0.336 e. The van der Waals surface area contributed by atoms with Crippen LogP contribution >= 0.6 is 0 Å². The van der Waals surface area contributed by atoms with Gasteiger partial charge in [-0.2, -0.15) is 0 Å². The monoisotopic (exact) mass is 381 g/mol. The van der Waals surface area contributed by atoms with E-state index in [1.165, 1.54) is 19.1 Å². The molecule has 1 amide bonds. The normalized spacial score (nSPS) is 12.9. The first kappa shape index (κ1) is 19.2. The third-order valence-corrected chi connectivity index (χ3v) is 4.27. The highest BCUT2D eigenvalue weighted by molar-refractivity contribution is 5.87. The number of ether oxygens (including phenoxy) is 1. The summed E-state index contributed by atoms with van der Waals surface area (Å²) in [4.78, 5) is 35.5. The summed E-state index contributed by atoms with van der Waals surface area (Å²) in [6.07, 6.45) is -0.959. The molecule has 0 spiro atoms. The Balaban J connectivity index is 1.75. The van der Waals surface area contributed by atoms with E-state index in [2.05, 4.69) is 5.32 Å². The molecule has 0 saturated carbocycles. The highest BCUT2D eigenvalue weighted by Crippen LogP contribution is 2.23. The summed E-state index contributed by atoms with van der Waals surface area (Å²) in [5, 5.41) is 12.7. The quantitative estimate of drug-likeness (QED) is 0.636. The van der Waals surface area contributed by atoms with Crippen molar-refractivity contribution in [2.45, 2.75) is 26.0 Å². The van der Waals surface area contributed by atoms with Crippen LogP contribution in [0.2, 0.25) is 0 Å². The minimum Gasteiger partial charge on any atom is -0.481 e. The lowest BCUT2D eigenvalue weighted by Gasteiger charge is -2.19. The molecule has 0 aliphatic heterocycles. The second-order valence-electron chi connectivity index (χ2n) is 6.36. The molecule has 28 heavy (non-hydrogen) atoms. The molecule has 1 aromatic heterocycles. The minimum absolute atomic E-state index is 0.329. The largest absolute Gasteiger partial charge is 0.481 e. The molecule has 7 heteroatoms. The van der Waals surface area contributed by atoms with Crippen molar-refractivity contribution in [2.24, 2.45) is 0 Å². The second-order valence-corrected chi connectivity index (χ2v) is 6.36. The Bertz CT molecular complexity index is 1070. The number of benzene rings is 2. The fraction of sp³-hybridized carbons (Fsp3) is 0.190. The molecule has 7 nitrogen and oxygen atoms in total. The molecule has 0 saturated heterocycles. The number of fused-ring (bicyclic) bond motifs is 1. The van der Waals surface area contributed by atoms with Gasteiger partial charge in [-0.3, -0.25) is 4.79 Å². The van der Waals surface area contributed by atoms with Crippen molar-refractivity contribution in [3.05, 3.63) is 76.1 Å². The predicted molar refractivity (Wildman–Crippen MR) is 102 cm³/mol. The molecule has 144 valence electrons. The SMILES string of the molecule is Cc1cc(=O)oc2cc(O[C@H](C)C(=O)N[C@@H](C(=O)O)c3ccccc3)ccc12. The van der Waals surface area contributed by atoms with Gasteiger partial charge in [-0.1, -0.05) is 30.3 Å². The van der Waals surface area contributed by atoms with Crippen molar-refractivity contribution >= 4 is 22.8 Å². The lowest BCUT2D eigenvalue weighted by Crippen LogP contribution is -2.41. The fourth-order valence-electron chi connectivity index (χ4n) is 2.83. The molecule has 0 fully saturated rings. The van der Waals surface area contributed by atoms with Crippen LogP contribution in [0, 0.1) is 6.92 Å². The highest BCUT2D eigenvalue weighted by atomic mass is 16.5. The second kappa shape index (κ2) is 7.96. The van der Waals surface area contributed by atoms with E-state index in [0.29, 0.717) is 16.9 Å². The Morgan fingerprint density at radius 2 is 1.82 bits per heavy atom. The number of rotatable bonds is 6. The van der Waals surface area contributed by atoms with Gasteiger partial charge in [0.05, 0.1) is 0 Å². The molecule has 0 aliphatic carbocycles. The summed E-state index contributed by atoms with van der Waals surface area (Å²) in [6, 6.07) is 13.5. The Morgan fingerprint density at radius 1 is 1.11 bits per heavy atom. The molecule has 3 aromatic rings. The first-order chi connectivity index (χ1) is 13.3. The maximum absolute atomic E-state index is 12.4. The van der Waals surface area contributed by atoms with Crippen molar-refractivity contribution in [1.29, 1.82) is 0 Å². The van der Waals surface area contributed by atoms with Gasteiger partial charge in [0.25, 0.3) is 5.91 Å². The van der Waals surface area contributed by atoms with Crippen molar-refractivity contribution in [2.75, 3.05) is 0 Å². The van der Waals surface area contributed by atoms with Gasteiger partial charge in [-0.15, -0.1) is 0 Å². The third kappa shape index (κ3) is 4.20. The van der Waals surface area contributed by atoms with Gasteiger partial charge >= 0.3 is 11.6 Å². The maximum atomic E-state index is 12.4. The van der Waals surface area contributed by atoms with Gasteiger partial charge in [0.2, 0.25) is 0 Å². The Morgan fingerprint density at radius 3 is 2.50 bits per heavy atom. The maximum Gasteiger partial charge on any atom is 0.336 e. The molecule has 2 N–H and O–H groups in total. The van der Waals surface area contributed by atoms with Gasteiger partial charge in [-0.05, 0) is 37.1 Å². The Hall–Kier alpha value is -3.61. The van der Waals surface area contributed by atoms with Crippen LogP contribution in [-0.2, 0) is 9.59 Å². The zero-order valence-corrected chi connectivity index (χ0v) is 15.3. The predicted octanol–water partition coefficient (Wildman–Crippen LogP) is 2.81. The number of nitrogens with one attached hydrogen (secondary N) is 1. The molecule has 2 aromatic carbocycles. The third-order valence-electron chi connectivity index (χ3n) is 4.27. The van der Waals surface area contributed by atoms with Crippen molar-refractivity contribution in [3.63, 3.8) is 0 Å². The fourth-order valence-corrected chi connectivity index (χ4v) is 2.83. The summed E-state index contributed by atoms with van der Waals surface area (Å²) in [5.74, 6) is -1.42. The summed E-state index contributed by atoms with van der Waals surface area (Å²) < 4.78 is 10.8. The van der Waals surface area contributed by atoms with Crippen LogP contribution in [0.1, 0.15) is 24.1 Å². The van der Waals surface area contributed by atoms with E-state index in [1.54, 1.807) is 49.4 Å². The molecule has 0 radical (unpaired) electrons. The van der Waals surface area contributed by atoms with Gasteiger partial charge < -0.3 is 19.6 Å². The highest BCUT2D eigenvalue weighted by Gasteiger charge is 2.25. The number of amides is 1. The molecule has 0 aliphatic rings. The van der Waals surface area contributed by atoms with Crippen LogP contribution in [0.5, 0.6) is 5.75 Å². The summed E-state index contributed by atoms with van der Waals surface area (Å²) >= 11 is 0. The van der Waals surface area contributed by atoms with E-state index >= 15 is 0 Å². The first-order valence-corrected chi connectivity index (χ1v) is 8.64. The van der Waals surface area contributed by atoms with E-state index < -0.39 is 29.6 Å². The Kier molecular flexibility index (Phi) is 5.44. The summed E-state index contributed by atoms with van der Waals surface area (Å²) in [5.41, 5.74) is 1.11. The molecular weight excluding hydrogens is 362 g/mol. The van der Waals surface area contributed by atoms with Gasteiger partial charge in [0, 0.05) is 17.5 Å². The van der Waals surface area contributed by atoms with Crippen LogP contribution in [-0.4, -0.2) is 23.1 Å². The number of hydrogen-bond donors (Lipinski definition) is 2. The standard InChI is InChI=1S/C21H19NO6/c1-12-10-18(23)28-17-11-15(8-9-16(12)17)27-13(2)20(24)22-19(21(25)26)14-6-4-3-5-7-14/h3-11,13,19H,1-2H3,(H,22,24)(H,25,26)/t13-,19-/m1/s1. The molecule has 3 rings (SSSR count). The molecular formula is C21H19NO6. The number of carboxylic acid groups (broad SMARTS) is 1. The van der Waals surface area contributed by atoms with E-state index in [9.17, 15) is 19.5 Å². The molecule has 1 heterocycles. The van der Waals surface area contributed by atoms with Crippen LogP contribution in [0.25, 0.3) is 11.0 Å². The summed E-state index contributed by atoms with van der Waals surface area (Å²) in [6.45, 7) is 3.31. The lowest BCUT2D eigenvalue weighted by atomic mass is 10.1. The van der Waals surface area contributed by atoms with Gasteiger partial charge in [0.15, 0.2) is 12.1 Å². The number of hydrogen-bond acceptors (Lipinski definition) is 5. The number of carboxylic acids is 1. The van der Waals surface area contributed by atoms with E-state index in [4.69, 9.17) is 9.15 Å². The molecule has 0 bridgehead atoms. The first-order valence-electron chi connectivity index (χ1n) is 8.64. The van der Waals surface area contributed by atoms with E-state index in [1.807, 2.05) is 0 Å². The van der Waals surface area contributed by atoms with Gasteiger partial charge in [-0.25, -0.2) is 9.59 Å². The average molecular weight is 381 g/mol. The number of aryl methyl sites for hydroxylation is 1. The zero-order chi connectivity index (χ0) is 20.3. The van der Waals surface area contributed by atoms with Crippen molar-refractivity contribution in [3.8, 4) is 5.75 Å². The number of carbonyl (C=O) groups excluding carboxylic acids is 1. The number of aliphatic carboxylic acids is 1. The van der Waals surface area contributed by atoms with Crippen molar-refractivity contribution < 1.29 is 23.8 Å². The van der Waals surface area contributed by atoms with Gasteiger partial charge in [0.1, 0.15) is 11.3 Å². The number of carbonyl (C=O) groups is 2. The lowest BCUT2D eigenvalue weighted by molar-refractivity contribution is -0.143. The Labute approximate surface area is 160 Å². The average Bonchev–Trinajstić information content (AvgIpc) is 2.65. The van der Waals surface area contributed by atoms with Crippen molar-refractivity contribution in [1.82, 2.24) is 5.32 Å². The van der Waals surface area contributed by atoms with Crippen LogP contribution < -0.4 is 15.7 Å². The molecule has 0 unspecified atom stereocenters. The molecule has 2 atom stereocenters. The van der Waals surface area contributed by atoms with E-state index in [-0.39, 0.29) is 0 Å². The minimum atomic E-state index is -1.18. The van der Waals surface area contributed by atoms with Crippen LogP contribution in [0.15, 0.2) is 63.8 Å². The topological polar surface area (TPSA) is 106 Å². The summed E-state index contributed by atoms with van der Waals surface area (Å²) in [7, 11) is 0. The zero-order valence-electron chi connectivity index (χ0n) is 15.3. The van der Waals surface area contributed by atoms with Crippen LogP contribution in [0.4, 0.5) is 0 Å². The van der Waals surface area contributed by atoms with Crippen LogP contribution in [0.3, 0.4) is 0 Å². The van der Waals surface area contributed by atoms with E-state index in [0.717, 1.165) is 10.9 Å².